The van der Waals surface area contributed by atoms with E-state index >= 15 is 0 Å². The van der Waals surface area contributed by atoms with Crippen LogP contribution >= 0.6 is 0 Å². The lowest BCUT2D eigenvalue weighted by atomic mass is 9.49. The first-order chi connectivity index (χ1) is 33.9. The Balaban J connectivity index is 0.000000242. The first-order valence-electron chi connectivity index (χ1n) is 22.9. The Labute approximate surface area is 415 Å². The molecule has 73 heavy (non-hydrogen) atoms. The average molecular weight is 1040 g/mol. The number of ether oxygens (including phenoxy) is 4. The first-order valence-corrected chi connectivity index (χ1v) is 22.9. The van der Waals surface area contributed by atoms with Gasteiger partial charge in [0, 0.05) is 11.8 Å². The maximum atomic E-state index is 13.4. The number of carbonyl (C=O) groups excluding carboxylic acids is 4. The molecule has 2 heterocycles. The molecule has 4 fully saturated rings. The standard InChI is InChI=1S/C23H27NO9.C21H39N7O12/c1-8(25)11-18(28)16(24(3)4)15-19(29)14-13(21(31)23(15,33)20(11)30)17(27)12-9(22(14,2)32)6-5-7-10(12)26;1-5-21(36,4-30)16(40-17-9(26-2)13(34)10(31)6(3-29)38-17)18(37-5)39-15-8(28-20(24)25)11(32)7(27-19(22)23)12(33)14(15)35/h5-7,13-16,19,21,26,29-33H,1-4H3;4-18,26,29,31-36H,3H2,1-2H3,(H4,22,23,27)(H4,24,25,28)/t13?,14-,15-,16+,19+,21?,22-,23-;5-,6-,7+,8-,9?,10-,11+,12-,13-,14+,15+,16-,17-,18-,21+/m10/s1. The number of ketones is 3. The molecular weight excluding hydrogens is 977 g/mol. The van der Waals surface area contributed by atoms with Crippen molar-refractivity contribution in [1.29, 1.82) is 0 Å². The Bertz CT molecular complexity index is 2370. The van der Waals surface area contributed by atoms with Crippen LogP contribution in [0.25, 0.3) is 0 Å². The summed E-state index contributed by atoms with van der Waals surface area (Å²) in [5.41, 5.74) is 13.7. The van der Waals surface area contributed by atoms with Gasteiger partial charge in [-0.1, -0.05) is 12.1 Å². The van der Waals surface area contributed by atoms with E-state index in [4.69, 9.17) is 41.9 Å². The van der Waals surface area contributed by atoms with Crippen LogP contribution in [0, 0.1) is 17.8 Å². The average Bonchev–Trinajstić information content (AvgIpc) is 3.54. The summed E-state index contributed by atoms with van der Waals surface area (Å²) in [4.78, 5) is 59.8. The third-order valence-electron chi connectivity index (χ3n) is 14.9. The highest BCUT2D eigenvalue weighted by Gasteiger charge is 2.72. The zero-order valence-corrected chi connectivity index (χ0v) is 40.3. The number of nitrogens with two attached hydrogens (primary N) is 4. The summed E-state index contributed by atoms with van der Waals surface area (Å²) in [6.07, 6.45) is -21.2. The third kappa shape index (κ3) is 9.38. The Hall–Kier alpha value is -4.90. The van der Waals surface area contributed by atoms with Crippen molar-refractivity contribution in [2.75, 3.05) is 27.7 Å². The minimum Gasteiger partial charge on any atom is -0.508 e. The van der Waals surface area contributed by atoms with Gasteiger partial charge in [0.1, 0.15) is 84.1 Å². The summed E-state index contributed by atoms with van der Waals surface area (Å²) < 4.78 is 22.9. The van der Waals surface area contributed by atoms with Gasteiger partial charge in [0.2, 0.25) is 0 Å². The van der Waals surface area contributed by atoms with E-state index in [1.807, 2.05) is 0 Å². The van der Waals surface area contributed by atoms with Crippen molar-refractivity contribution in [3.05, 3.63) is 40.7 Å². The topological polar surface area (TPSA) is 512 Å². The number of likely N-dealkylation sites (N-methyl/N-ethyl adjacent to an activating group) is 2. The first kappa shape index (κ1) is 57.4. The molecule has 23 atom stereocenters. The van der Waals surface area contributed by atoms with Crippen LogP contribution in [-0.4, -0.2) is 250 Å². The Morgan fingerprint density at radius 1 is 0.836 bits per heavy atom. The molecule has 1 aromatic carbocycles. The van der Waals surface area contributed by atoms with E-state index in [1.54, 1.807) is 0 Å². The Morgan fingerprint density at radius 3 is 1.97 bits per heavy atom. The minimum absolute atomic E-state index is 0.0261. The second kappa shape index (κ2) is 21.0. The number of hydrogen-bond donors (Lipinski definition) is 18. The second-order valence-electron chi connectivity index (χ2n) is 19.5. The maximum Gasteiger partial charge on any atom is 0.188 e. The van der Waals surface area contributed by atoms with Gasteiger partial charge in [0.15, 0.2) is 59.3 Å². The number of hydrogen-bond acceptors (Lipinski definition) is 25. The van der Waals surface area contributed by atoms with Gasteiger partial charge in [-0.15, -0.1) is 0 Å². The number of nitrogens with zero attached hydrogens (tertiary/aromatic N) is 3. The molecule has 0 aromatic heterocycles. The summed E-state index contributed by atoms with van der Waals surface area (Å²) in [6, 6.07) is -1.39. The lowest BCUT2D eigenvalue weighted by Crippen LogP contribution is -2.75. The predicted octanol–water partition coefficient (Wildman–Crippen LogP) is -9.14. The predicted molar refractivity (Wildman–Crippen MR) is 245 cm³/mol. The third-order valence-corrected chi connectivity index (χ3v) is 14.9. The number of aromatic hydroxyl groups is 1. The second-order valence-corrected chi connectivity index (χ2v) is 19.5. The molecule has 7 rings (SSSR count). The molecule has 3 unspecified atom stereocenters. The van der Waals surface area contributed by atoms with Crippen molar-refractivity contribution >= 4 is 35.6 Å². The van der Waals surface area contributed by atoms with Crippen LogP contribution in [0.3, 0.4) is 0 Å². The van der Waals surface area contributed by atoms with Gasteiger partial charge in [-0.2, -0.15) is 0 Å². The van der Waals surface area contributed by atoms with E-state index in [9.17, 15) is 85.6 Å². The number of aldehydes is 1. The van der Waals surface area contributed by atoms with Crippen molar-refractivity contribution in [3.8, 4) is 5.75 Å². The molecule has 0 bridgehead atoms. The smallest absolute Gasteiger partial charge is 0.188 e. The van der Waals surface area contributed by atoms with E-state index in [0.717, 1.165) is 6.92 Å². The zero-order valence-electron chi connectivity index (χ0n) is 40.3. The molecule has 2 saturated carbocycles. The minimum atomic E-state index is -2.75. The maximum absolute atomic E-state index is 13.4. The molecular formula is C44H66N8O21. The molecule has 0 amide bonds. The molecule has 408 valence electrons. The SMILES string of the molecule is CC(=O)C1=C(O)[C@@]2(O)C(O)C3C(=O)c4c(O)cccc4[C@@](C)(O)[C@H]3[C@H](O)[C@H]2[C@H](N(C)C)C1=O.CNC1[C@H](O[C@H]2[C@H](O[C@H]3[C@H](O)[C@@H](O)[C@H](N=C(N)N)[C@@H](O)[C@@H]3N=C(N)N)O[C@@H](C)[C@]2(O)C=O)O[C@@H](CO)[C@H](O)[C@H]1O. The largest absolute Gasteiger partial charge is 0.508 e. The van der Waals surface area contributed by atoms with Gasteiger partial charge in [0.05, 0.1) is 48.0 Å². The van der Waals surface area contributed by atoms with E-state index < -0.39 is 191 Å². The summed E-state index contributed by atoms with van der Waals surface area (Å²) in [5, 5.41) is 144. The lowest BCUT2D eigenvalue weighted by Gasteiger charge is -2.60. The highest BCUT2D eigenvalue weighted by Crippen LogP contribution is 2.58. The summed E-state index contributed by atoms with van der Waals surface area (Å²) in [5.74, 6) is -9.83. The van der Waals surface area contributed by atoms with E-state index in [2.05, 4.69) is 15.3 Å². The molecule has 6 aliphatic rings. The fraction of sp³-hybridized carbons (Fsp3) is 0.682. The van der Waals surface area contributed by atoms with Crippen LogP contribution in [0.1, 0.15) is 36.7 Å². The van der Waals surface area contributed by atoms with Crippen molar-refractivity contribution in [2.24, 2.45) is 50.7 Å². The molecule has 0 radical (unpaired) electrons. The number of nitrogens with one attached hydrogen (secondary N) is 1. The van der Waals surface area contributed by atoms with Crippen molar-refractivity contribution < 1.29 is 105 Å². The number of benzene rings is 1. The fourth-order valence-corrected chi connectivity index (χ4v) is 11.2. The number of aliphatic hydroxyl groups is 12. The van der Waals surface area contributed by atoms with Gasteiger partial charge in [-0.25, -0.2) is 9.98 Å². The fourth-order valence-electron chi connectivity index (χ4n) is 11.2. The molecule has 4 aliphatic carbocycles. The van der Waals surface area contributed by atoms with Crippen molar-refractivity contribution in [3.63, 3.8) is 0 Å². The highest BCUT2D eigenvalue weighted by atomic mass is 16.8. The normalized spacial score (nSPS) is 44.2. The Kier molecular flexibility index (Phi) is 16.5. The van der Waals surface area contributed by atoms with Gasteiger partial charge >= 0.3 is 0 Å². The molecule has 2 saturated heterocycles. The number of fused-ring (bicyclic) bond motifs is 3. The summed E-state index contributed by atoms with van der Waals surface area (Å²) >= 11 is 0. The van der Waals surface area contributed by atoms with Crippen molar-refractivity contribution in [1.82, 2.24) is 10.2 Å². The summed E-state index contributed by atoms with van der Waals surface area (Å²) in [7, 11) is 4.35. The van der Waals surface area contributed by atoms with Gasteiger partial charge < -0.3 is 114 Å². The van der Waals surface area contributed by atoms with Crippen LogP contribution in [0.2, 0.25) is 0 Å². The molecule has 22 N–H and O–H groups in total. The number of Topliss-reactive ketones (excluding diaryl/α,β-unsaturated/α-hetero) is 3. The number of guanidine groups is 2. The van der Waals surface area contributed by atoms with E-state index in [1.165, 1.54) is 58.1 Å². The quantitative estimate of drug-likeness (QED) is 0.0423. The molecule has 0 spiro atoms. The van der Waals surface area contributed by atoms with Crippen LogP contribution in [0.5, 0.6) is 5.75 Å². The molecule has 29 heteroatoms. The van der Waals surface area contributed by atoms with Crippen LogP contribution < -0.4 is 28.3 Å². The number of rotatable bonds is 11. The van der Waals surface area contributed by atoms with Crippen molar-refractivity contribution in [2.45, 2.75) is 141 Å². The van der Waals surface area contributed by atoms with Crippen LogP contribution in [0.4, 0.5) is 0 Å². The number of phenols is 1. The van der Waals surface area contributed by atoms with Gasteiger partial charge in [0.25, 0.3) is 0 Å². The lowest BCUT2D eigenvalue weighted by molar-refractivity contribution is -0.314. The van der Waals surface area contributed by atoms with Gasteiger partial charge in [-0.3, -0.25) is 24.1 Å². The van der Waals surface area contributed by atoms with Crippen LogP contribution in [0.15, 0.2) is 39.5 Å². The van der Waals surface area contributed by atoms with E-state index in [0.29, 0.717) is 0 Å². The van der Waals surface area contributed by atoms with E-state index in [-0.39, 0.29) is 17.4 Å². The van der Waals surface area contributed by atoms with Crippen LogP contribution in [-0.2, 0) is 38.9 Å². The molecule has 29 nitrogen and oxygen atoms in total. The highest BCUT2D eigenvalue weighted by molar-refractivity contribution is 6.22. The number of aliphatic hydroxyl groups excluding tert-OH is 9. The summed E-state index contributed by atoms with van der Waals surface area (Å²) in [6.45, 7) is 2.94. The number of carbonyl (C=O) groups is 4. The number of aliphatic imine (C=N–C) groups is 2. The molecule has 2 aliphatic heterocycles. The number of phenolic OH excluding ortho intramolecular Hbond substituents is 1. The monoisotopic (exact) mass is 1040 g/mol. The Morgan fingerprint density at radius 2 is 1.44 bits per heavy atom. The van der Waals surface area contributed by atoms with Gasteiger partial charge in [-0.05, 0) is 53.5 Å². The zero-order chi connectivity index (χ0) is 54.9. The molecule has 1 aromatic rings.